The number of aromatic carboxylic acids is 1. The van der Waals surface area contributed by atoms with Gasteiger partial charge in [0.05, 0.1) is 11.1 Å². The van der Waals surface area contributed by atoms with Crippen molar-refractivity contribution in [3.8, 4) is 0 Å². The monoisotopic (exact) mass is 483 g/mol. The quantitative estimate of drug-likeness (QED) is 0.338. The molecule has 2 aliphatic rings. The number of anilines is 1. The number of hydrogen-bond acceptors (Lipinski definition) is 3. The summed E-state index contributed by atoms with van der Waals surface area (Å²) in [5, 5.41) is 22.7. The Morgan fingerprint density at radius 3 is 2.40 bits per heavy atom. The Bertz CT molecular complexity index is 1210. The van der Waals surface area contributed by atoms with Crippen molar-refractivity contribution in [2.45, 2.75) is 58.0 Å². The molecule has 1 amide bonds. The minimum absolute atomic E-state index is 0.108. The molecule has 1 aromatic carbocycles. The number of alkyl halides is 1. The number of rotatable bonds is 8. The van der Waals surface area contributed by atoms with E-state index in [4.69, 9.17) is 5.11 Å². The molecule has 1 saturated carbocycles. The molecule has 3 N–H and O–H groups in total. The number of benzene rings is 1. The van der Waals surface area contributed by atoms with Crippen LogP contribution in [0, 0.1) is 5.92 Å². The van der Waals surface area contributed by atoms with E-state index in [2.05, 4.69) is 5.32 Å². The number of pyridine rings is 1. The second kappa shape index (κ2) is 9.98. The normalized spacial score (nSPS) is 17.8. The van der Waals surface area contributed by atoms with Gasteiger partial charge in [-0.15, -0.1) is 0 Å². The largest absolute Gasteiger partial charge is 0.478 e. The lowest BCUT2D eigenvalue weighted by molar-refractivity contribution is -0.910. The maximum atomic E-state index is 15.0. The molecular weight excluding hydrogens is 454 g/mol. The van der Waals surface area contributed by atoms with E-state index in [1.807, 2.05) is 0 Å². The summed E-state index contributed by atoms with van der Waals surface area (Å²) in [6.07, 6.45) is 3.40. The van der Waals surface area contributed by atoms with Crippen LogP contribution < -0.4 is 10.0 Å². The zero-order chi connectivity index (χ0) is 25.3. The number of carboxylic acids is 1. The first kappa shape index (κ1) is 24.6. The molecule has 35 heavy (non-hydrogen) atoms. The van der Waals surface area contributed by atoms with Gasteiger partial charge in [-0.2, -0.15) is 0 Å². The van der Waals surface area contributed by atoms with Gasteiger partial charge in [-0.1, -0.05) is 12.8 Å². The lowest BCUT2D eigenvalue weighted by Crippen LogP contribution is -2.40. The van der Waals surface area contributed by atoms with Crippen LogP contribution in [0.4, 0.5) is 14.5 Å². The molecule has 184 valence electrons. The fourth-order valence-electron chi connectivity index (χ4n) is 4.52. The van der Waals surface area contributed by atoms with Crippen molar-refractivity contribution < 1.29 is 33.4 Å². The molecule has 4 rings (SSSR count). The molecule has 2 aromatic rings. The highest BCUT2D eigenvalue weighted by Crippen LogP contribution is 2.41. The fourth-order valence-corrected chi connectivity index (χ4v) is 4.52. The maximum absolute atomic E-state index is 15.0. The van der Waals surface area contributed by atoms with Crippen molar-refractivity contribution in [2.24, 2.45) is 5.92 Å². The highest BCUT2D eigenvalue weighted by atomic mass is 19.1. The Balaban J connectivity index is 1.64. The number of aromatic nitrogens is 1. The predicted molar refractivity (Wildman–Crippen MR) is 126 cm³/mol. The van der Waals surface area contributed by atoms with Gasteiger partial charge in [-0.05, 0) is 80.5 Å². The molecule has 0 radical (unpaired) electrons. The Kier molecular flexibility index (Phi) is 7.00. The van der Waals surface area contributed by atoms with Crippen LogP contribution in [0.1, 0.15) is 73.5 Å². The summed E-state index contributed by atoms with van der Waals surface area (Å²) < 4.78 is 30.1. The number of nitrogens with one attached hydrogen (secondary N) is 1. The van der Waals surface area contributed by atoms with Crippen LogP contribution in [-0.2, 0) is 4.79 Å². The summed E-state index contributed by atoms with van der Waals surface area (Å²) in [5.41, 5.74) is 2.31. The third-order valence-corrected chi connectivity index (χ3v) is 6.75. The van der Waals surface area contributed by atoms with E-state index in [0.717, 1.165) is 17.6 Å². The lowest BCUT2D eigenvalue weighted by Gasteiger charge is -2.21. The number of carbonyl (C=O) groups is 2. The van der Waals surface area contributed by atoms with Crippen LogP contribution in [0.15, 0.2) is 59.6 Å². The van der Waals surface area contributed by atoms with E-state index < -0.39 is 23.9 Å². The molecule has 2 unspecified atom stereocenters. The Morgan fingerprint density at radius 1 is 1.14 bits per heavy atom. The maximum Gasteiger partial charge on any atom is 0.335 e. The van der Waals surface area contributed by atoms with Crippen LogP contribution in [0.2, 0.25) is 0 Å². The molecule has 0 bridgehead atoms. The highest BCUT2D eigenvalue weighted by Gasteiger charge is 2.37. The second-order valence-corrected chi connectivity index (χ2v) is 9.40. The van der Waals surface area contributed by atoms with Gasteiger partial charge < -0.3 is 10.4 Å². The van der Waals surface area contributed by atoms with Gasteiger partial charge >= 0.3 is 5.97 Å². The summed E-state index contributed by atoms with van der Waals surface area (Å²) >= 11 is 0. The number of halogens is 2. The number of carbonyl (C=O) groups excluding carboxylic acids is 1. The Morgan fingerprint density at radius 2 is 1.83 bits per heavy atom. The van der Waals surface area contributed by atoms with Crippen LogP contribution in [0.5, 0.6) is 0 Å². The lowest BCUT2D eigenvalue weighted by atomic mass is 9.86. The molecule has 0 spiro atoms. The SMILES string of the molecule is CC1=C(F)C(c2ccc(C(CC3CC3)C(=O)Nc3ccc(C(=O)O)cc3)[n+](O)c2)=C(C(C)F)CC1. The summed E-state index contributed by atoms with van der Waals surface area (Å²) in [6, 6.07) is 9.03. The highest BCUT2D eigenvalue weighted by molar-refractivity contribution is 5.96. The first-order valence-corrected chi connectivity index (χ1v) is 11.8. The van der Waals surface area contributed by atoms with E-state index in [1.54, 1.807) is 19.1 Å². The van der Waals surface area contributed by atoms with Crippen molar-refractivity contribution >= 4 is 23.1 Å². The molecule has 2 atom stereocenters. The minimum atomic E-state index is -1.32. The predicted octanol–water partition coefficient (Wildman–Crippen LogP) is 5.58. The van der Waals surface area contributed by atoms with Crippen LogP contribution in [-0.4, -0.2) is 28.4 Å². The Hall–Kier alpha value is -3.55. The molecule has 1 aromatic heterocycles. The van der Waals surface area contributed by atoms with E-state index in [-0.39, 0.29) is 17.0 Å². The molecule has 1 heterocycles. The molecule has 1 fully saturated rings. The number of hydrogen-bond donors (Lipinski definition) is 3. The molecule has 8 heteroatoms. The minimum Gasteiger partial charge on any atom is -0.478 e. The van der Waals surface area contributed by atoms with Crippen molar-refractivity contribution in [1.82, 2.24) is 0 Å². The van der Waals surface area contributed by atoms with E-state index >= 15 is 4.39 Å². The average molecular weight is 484 g/mol. The van der Waals surface area contributed by atoms with Gasteiger partial charge in [0.15, 0.2) is 0 Å². The number of carboxylic acid groups (broad SMARTS) is 1. The Labute approximate surface area is 202 Å². The van der Waals surface area contributed by atoms with Gasteiger partial charge in [0.2, 0.25) is 17.8 Å². The molecule has 0 aliphatic heterocycles. The number of allylic oxidation sites excluding steroid dienone is 4. The van der Waals surface area contributed by atoms with Gasteiger partial charge in [0.25, 0.3) is 0 Å². The van der Waals surface area contributed by atoms with Crippen molar-refractivity contribution in [3.63, 3.8) is 0 Å². The smallest absolute Gasteiger partial charge is 0.335 e. The third-order valence-electron chi connectivity index (χ3n) is 6.75. The number of nitrogens with zero attached hydrogens (tertiary/aromatic N) is 1. The number of amides is 1. The molecule has 0 saturated heterocycles. The zero-order valence-electron chi connectivity index (χ0n) is 19.7. The summed E-state index contributed by atoms with van der Waals surface area (Å²) in [6.45, 7) is 3.05. The van der Waals surface area contributed by atoms with Gasteiger partial charge in [-0.25, -0.2) is 13.6 Å². The van der Waals surface area contributed by atoms with E-state index in [1.165, 1.54) is 37.4 Å². The zero-order valence-corrected chi connectivity index (χ0v) is 19.7. The first-order chi connectivity index (χ1) is 16.7. The summed E-state index contributed by atoms with van der Waals surface area (Å²) in [5.74, 6) is -2.19. The summed E-state index contributed by atoms with van der Waals surface area (Å²) in [7, 11) is 0. The second-order valence-electron chi connectivity index (χ2n) is 9.40. The molecule has 2 aliphatic carbocycles. The first-order valence-electron chi connectivity index (χ1n) is 11.8. The molecule has 6 nitrogen and oxygen atoms in total. The van der Waals surface area contributed by atoms with Gasteiger partial charge in [0.1, 0.15) is 17.9 Å². The van der Waals surface area contributed by atoms with E-state index in [0.29, 0.717) is 53.3 Å². The standard InChI is InChI=1S/C27H28F2N2O4/c1-15-3-11-21(16(2)28)24(25(15)29)19-8-12-23(31(35)14-19)22(13-17-4-5-17)26(32)30-20-9-6-18(7-10-20)27(33)34/h6-10,12,14,16-17,22H,3-5,11,13H2,1-2H3,(H2-,30,32,33,34,35)/p+1. The van der Waals surface area contributed by atoms with Crippen LogP contribution in [0.25, 0.3) is 5.57 Å². The van der Waals surface area contributed by atoms with Crippen LogP contribution in [0.3, 0.4) is 0 Å². The topological polar surface area (TPSA) is 90.5 Å². The average Bonchev–Trinajstić information content (AvgIpc) is 3.64. The van der Waals surface area contributed by atoms with Crippen molar-refractivity contribution in [3.05, 3.63) is 76.4 Å². The van der Waals surface area contributed by atoms with Crippen molar-refractivity contribution in [2.75, 3.05) is 5.32 Å². The third kappa shape index (κ3) is 5.42. The van der Waals surface area contributed by atoms with E-state index in [9.17, 15) is 19.2 Å². The van der Waals surface area contributed by atoms with Gasteiger partial charge in [0, 0.05) is 22.1 Å². The fraction of sp³-hybridized carbons (Fsp3) is 0.370. The van der Waals surface area contributed by atoms with Crippen LogP contribution >= 0.6 is 0 Å². The summed E-state index contributed by atoms with van der Waals surface area (Å²) in [4.78, 5) is 24.3. The van der Waals surface area contributed by atoms with Crippen molar-refractivity contribution in [1.29, 1.82) is 0 Å². The van der Waals surface area contributed by atoms with Gasteiger partial charge in [-0.3, -0.25) is 10.0 Å². The molecular formula is C27H29F2N2O4+.